The second-order valence-corrected chi connectivity index (χ2v) is 8.00. The number of hydrogen-bond acceptors (Lipinski definition) is 3. The van der Waals surface area contributed by atoms with Crippen molar-refractivity contribution in [2.24, 2.45) is 17.8 Å². The number of nitrogens with one attached hydrogen (secondary N) is 1. The molecule has 3 aliphatic rings. The molecule has 2 fully saturated rings. The van der Waals surface area contributed by atoms with Crippen molar-refractivity contribution in [3.05, 3.63) is 69.3 Å². The van der Waals surface area contributed by atoms with Crippen molar-refractivity contribution < 1.29 is 4.92 Å². The van der Waals surface area contributed by atoms with Gasteiger partial charge in [0.1, 0.15) is 0 Å². The van der Waals surface area contributed by atoms with Crippen LogP contribution in [0.2, 0.25) is 0 Å². The highest BCUT2D eigenvalue weighted by Gasteiger charge is 2.54. The van der Waals surface area contributed by atoms with Gasteiger partial charge < -0.3 is 5.32 Å². The van der Waals surface area contributed by atoms with Gasteiger partial charge in [-0.05, 0) is 67.1 Å². The smallest absolute Gasteiger partial charge is 0.269 e. The number of benzene rings is 2. The summed E-state index contributed by atoms with van der Waals surface area (Å²) in [6.45, 7) is 2.12. The van der Waals surface area contributed by atoms with E-state index in [0.717, 1.165) is 11.6 Å². The zero-order valence-corrected chi connectivity index (χ0v) is 14.3. The molecule has 2 aromatic carbocycles. The van der Waals surface area contributed by atoms with E-state index in [4.69, 9.17) is 0 Å². The molecular formula is C21H22N2O2. The minimum Gasteiger partial charge on any atom is -0.378 e. The highest BCUT2D eigenvalue weighted by atomic mass is 16.6. The van der Waals surface area contributed by atoms with E-state index in [1.807, 2.05) is 12.1 Å². The quantitative estimate of drug-likeness (QED) is 0.606. The molecule has 2 saturated carbocycles. The number of aryl methyl sites for hydroxylation is 1. The first kappa shape index (κ1) is 14.9. The normalized spacial score (nSPS) is 32.0. The van der Waals surface area contributed by atoms with Crippen molar-refractivity contribution >= 4 is 11.4 Å². The van der Waals surface area contributed by atoms with Gasteiger partial charge in [-0.25, -0.2) is 0 Å². The van der Waals surface area contributed by atoms with Crippen molar-refractivity contribution in [2.75, 3.05) is 5.32 Å². The van der Waals surface area contributed by atoms with Crippen molar-refractivity contribution in [1.29, 1.82) is 0 Å². The number of hydrogen-bond donors (Lipinski definition) is 1. The van der Waals surface area contributed by atoms with Crippen LogP contribution in [-0.4, -0.2) is 4.92 Å². The summed E-state index contributed by atoms with van der Waals surface area (Å²) in [5.74, 6) is 2.43. The van der Waals surface area contributed by atoms with Gasteiger partial charge in [0.2, 0.25) is 0 Å². The summed E-state index contributed by atoms with van der Waals surface area (Å²) in [7, 11) is 0. The molecule has 0 amide bonds. The van der Waals surface area contributed by atoms with Crippen LogP contribution in [0.5, 0.6) is 0 Å². The third-order valence-corrected chi connectivity index (χ3v) is 6.72. The van der Waals surface area contributed by atoms with Gasteiger partial charge in [-0.2, -0.15) is 0 Å². The third kappa shape index (κ3) is 2.20. The lowest BCUT2D eigenvalue weighted by Gasteiger charge is -2.43. The monoisotopic (exact) mass is 334 g/mol. The Morgan fingerprint density at radius 2 is 1.84 bits per heavy atom. The first-order chi connectivity index (χ1) is 12.1. The van der Waals surface area contributed by atoms with Gasteiger partial charge in [-0.1, -0.05) is 29.8 Å². The van der Waals surface area contributed by atoms with Gasteiger partial charge in [0.15, 0.2) is 0 Å². The second kappa shape index (κ2) is 5.32. The van der Waals surface area contributed by atoms with E-state index in [2.05, 4.69) is 36.5 Å². The van der Waals surface area contributed by atoms with E-state index in [1.54, 1.807) is 6.07 Å². The van der Waals surface area contributed by atoms with Crippen LogP contribution < -0.4 is 5.32 Å². The summed E-state index contributed by atoms with van der Waals surface area (Å²) in [6, 6.07) is 14.5. The molecule has 4 nitrogen and oxygen atoms in total. The van der Waals surface area contributed by atoms with Gasteiger partial charge in [0.05, 0.1) is 11.0 Å². The Hall–Kier alpha value is -2.36. The maximum Gasteiger partial charge on any atom is 0.269 e. The average molecular weight is 334 g/mol. The van der Waals surface area contributed by atoms with E-state index in [-0.39, 0.29) is 10.6 Å². The van der Waals surface area contributed by atoms with Crippen molar-refractivity contribution in [3.63, 3.8) is 0 Å². The molecule has 0 spiro atoms. The summed E-state index contributed by atoms with van der Waals surface area (Å²) in [5, 5.41) is 15.0. The molecule has 128 valence electrons. The summed E-state index contributed by atoms with van der Waals surface area (Å²) < 4.78 is 0. The zero-order valence-electron chi connectivity index (χ0n) is 14.3. The van der Waals surface area contributed by atoms with Crippen LogP contribution >= 0.6 is 0 Å². The van der Waals surface area contributed by atoms with Crippen LogP contribution in [-0.2, 0) is 0 Å². The van der Waals surface area contributed by atoms with E-state index < -0.39 is 0 Å². The molecule has 1 aliphatic heterocycles. The fourth-order valence-electron chi connectivity index (χ4n) is 5.69. The van der Waals surface area contributed by atoms with Crippen molar-refractivity contribution in [3.8, 4) is 0 Å². The largest absolute Gasteiger partial charge is 0.378 e. The number of non-ortho nitro benzene ring substituents is 1. The number of nitro groups is 1. The standard InChI is InChI=1S/C21H22N2O2/c1-12-2-4-13(5-3-12)21-20-15-7-6-14(10-15)19(20)17-11-16(23(24)25)8-9-18(17)22-21/h2-5,8-9,11,14-15,19-22H,6-7,10H2,1H3/t14-,15-,19-,20-,21-/m0/s1. The van der Waals surface area contributed by atoms with Crippen LogP contribution in [0.1, 0.15) is 47.9 Å². The highest BCUT2D eigenvalue weighted by molar-refractivity contribution is 5.62. The topological polar surface area (TPSA) is 55.2 Å². The summed E-state index contributed by atoms with van der Waals surface area (Å²) >= 11 is 0. The summed E-state index contributed by atoms with van der Waals surface area (Å²) in [4.78, 5) is 11.0. The van der Waals surface area contributed by atoms with Crippen LogP contribution in [0.25, 0.3) is 0 Å². The first-order valence-corrected chi connectivity index (χ1v) is 9.23. The van der Waals surface area contributed by atoms with E-state index in [9.17, 15) is 10.1 Å². The maximum absolute atomic E-state index is 11.2. The minimum atomic E-state index is -0.269. The molecule has 25 heavy (non-hydrogen) atoms. The Balaban J connectivity index is 1.62. The lowest BCUT2D eigenvalue weighted by Crippen LogP contribution is -2.35. The van der Waals surface area contributed by atoms with E-state index in [1.165, 1.54) is 36.0 Å². The molecule has 0 saturated heterocycles. The van der Waals surface area contributed by atoms with Crippen molar-refractivity contribution in [2.45, 2.75) is 38.1 Å². The van der Waals surface area contributed by atoms with Crippen LogP contribution in [0.3, 0.4) is 0 Å². The van der Waals surface area contributed by atoms with Gasteiger partial charge in [-0.3, -0.25) is 10.1 Å². The number of nitro benzene ring substituents is 1. The lowest BCUT2D eigenvalue weighted by atomic mass is 9.68. The predicted octanol–water partition coefficient (Wildman–Crippen LogP) is 5.20. The summed E-state index contributed by atoms with van der Waals surface area (Å²) in [6.07, 6.45) is 3.86. The number of nitrogens with zero attached hydrogens (tertiary/aromatic N) is 1. The fraction of sp³-hybridized carbons (Fsp3) is 0.429. The molecule has 1 N–H and O–H groups in total. The van der Waals surface area contributed by atoms with Gasteiger partial charge in [-0.15, -0.1) is 0 Å². The maximum atomic E-state index is 11.2. The van der Waals surface area contributed by atoms with Gasteiger partial charge in [0, 0.05) is 17.8 Å². The predicted molar refractivity (Wildman–Crippen MR) is 97.7 cm³/mol. The first-order valence-electron chi connectivity index (χ1n) is 9.23. The van der Waals surface area contributed by atoms with Crippen molar-refractivity contribution in [1.82, 2.24) is 0 Å². The van der Waals surface area contributed by atoms with Gasteiger partial charge >= 0.3 is 0 Å². The Morgan fingerprint density at radius 1 is 1.08 bits per heavy atom. The Labute approximate surface area is 147 Å². The second-order valence-electron chi connectivity index (χ2n) is 8.00. The molecule has 4 heteroatoms. The molecule has 0 unspecified atom stereocenters. The molecule has 0 radical (unpaired) electrons. The van der Waals surface area contributed by atoms with E-state index >= 15 is 0 Å². The lowest BCUT2D eigenvalue weighted by molar-refractivity contribution is -0.384. The molecule has 5 atom stereocenters. The molecule has 2 bridgehead atoms. The zero-order chi connectivity index (χ0) is 17.1. The molecule has 1 heterocycles. The minimum absolute atomic E-state index is 0.218. The van der Waals surface area contributed by atoms with Crippen LogP contribution in [0, 0.1) is 34.8 Å². The number of fused-ring (bicyclic) bond motifs is 7. The Morgan fingerprint density at radius 3 is 2.60 bits per heavy atom. The average Bonchev–Trinajstić information content (AvgIpc) is 3.23. The van der Waals surface area contributed by atoms with E-state index in [0.29, 0.717) is 23.8 Å². The molecule has 0 aromatic heterocycles. The Kier molecular flexibility index (Phi) is 3.18. The highest BCUT2D eigenvalue weighted by Crippen LogP contribution is 2.63. The molecule has 2 aromatic rings. The Bertz CT molecular complexity index is 845. The fourth-order valence-corrected chi connectivity index (χ4v) is 5.69. The molecule has 2 aliphatic carbocycles. The SMILES string of the molecule is Cc1ccc([C@@H]2Nc3ccc([N+](=O)[O-])cc3[C@@H]3[C@H]4CC[C@@H](C4)[C@@H]32)cc1. The third-order valence-electron chi connectivity index (χ3n) is 6.72. The van der Waals surface area contributed by atoms with Crippen LogP contribution in [0.4, 0.5) is 11.4 Å². The molecule has 5 rings (SSSR count). The number of rotatable bonds is 2. The summed E-state index contributed by atoms with van der Waals surface area (Å²) in [5.41, 5.74) is 5.10. The molecular weight excluding hydrogens is 312 g/mol. The number of anilines is 1. The van der Waals surface area contributed by atoms with Gasteiger partial charge in [0.25, 0.3) is 5.69 Å². The van der Waals surface area contributed by atoms with Crippen LogP contribution in [0.15, 0.2) is 42.5 Å².